The maximum absolute atomic E-state index is 13.2. The van der Waals surface area contributed by atoms with Gasteiger partial charge in [0, 0.05) is 29.1 Å². The van der Waals surface area contributed by atoms with Crippen LogP contribution in [0.4, 0.5) is 0 Å². The first kappa shape index (κ1) is 24.0. The molecular weight excluding hydrogens is 440 g/mol. The molecule has 2 aliphatic rings. The first-order valence-corrected chi connectivity index (χ1v) is 13.3. The molecule has 2 heterocycles. The summed E-state index contributed by atoms with van der Waals surface area (Å²) in [5, 5.41) is 14.2. The van der Waals surface area contributed by atoms with Crippen LogP contribution in [0.25, 0.3) is 10.9 Å². The van der Waals surface area contributed by atoms with E-state index in [9.17, 15) is 4.79 Å². The highest BCUT2D eigenvalue weighted by molar-refractivity contribution is 5.80. The van der Waals surface area contributed by atoms with Gasteiger partial charge in [0.25, 0.3) is 5.56 Å². The molecule has 8 heteroatoms. The van der Waals surface area contributed by atoms with Gasteiger partial charge in [-0.2, -0.15) is 0 Å². The molecule has 1 aromatic carbocycles. The number of aromatic nitrogens is 5. The summed E-state index contributed by atoms with van der Waals surface area (Å²) in [7, 11) is 1.67. The van der Waals surface area contributed by atoms with E-state index in [1.165, 1.54) is 32.1 Å². The van der Waals surface area contributed by atoms with Crippen LogP contribution < -0.4 is 10.3 Å². The van der Waals surface area contributed by atoms with Gasteiger partial charge in [-0.1, -0.05) is 46.0 Å². The molecule has 0 radical (unpaired) electrons. The molecule has 188 valence electrons. The van der Waals surface area contributed by atoms with Gasteiger partial charge in [0.05, 0.1) is 19.2 Å². The third-order valence-electron chi connectivity index (χ3n) is 7.97. The number of nitrogens with one attached hydrogen (secondary N) is 1. The molecule has 0 aliphatic heterocycles. The number of tetrazole rings is 1. The first-order valence-electron chi connectivity index (χ1n) is 13.3. The van der Waals surface area contributed by atoms with Crippen LogP contribution in [0.3, 0.4) is 0 Å². The van der Waals surface area contributed by atoms with Crippen LogP contribution in [-0.4, -0.2) is 43.2 Å². The summed E-state index contributed by atoms with van der Waals surface area (Å²) in [6.07, 6.45) is 10.8. The smallest absolute Gasteiger partial charge is 0.252 e. The fourth-order valence-electron chi connectivity index (χ4n) is 6.17. The number of hydrogen-bond acceptors (Lipinski definition) is 6. The molecule has 3 aromatic rings. The largest absolute Gasteiger partial charge is 0.497 e. The molecule has 1 atom stereocenters. The summed E-state index contributed by atoms with van der Waals surface area (Å²) >= 11 is 0. The SMILES string of the molecule is COc1ccc2[nH]c(=O)c(CN(C3CCCC3)C(c3nnnn3C3CCCCC3)C(C)C)cc2c1. The van der Waals surface area contributed by atoms with Crippen molar-refractivity contribution in [1.82, 2.24) is 30.1 Å². The van der Waals surface area contributed by atoms with Crippen LogP contribution >= 0.6 is 0 Å². The predicted molar refractivity (Wildman–Crippen MR) is 136 cm³/mol. The number of rotatable bonds is 8. The molecule has 2 fully saturated rings. The Balaban J connectivity index is 1.53. The quantitative estimate of drug-likeness (QED) is 0.480. The van der Waals surface area contributed by atoms with Crippen LogP contribution in [0.2, 0.25) is 0 Å². The van der Waals surface area contributed by atoms with E-state index < -0.39 is 0 Å². The van der Waals surface area contributed by atoms with Crippen molar-refractivity contribution in [2.45, 2.75) is 96.3 Å². The van der Waals surface area contributed by atoms with Gasteiger partial charge in [0.15, 0.2) is 5.82 Å². The van der Waals surface area contributed by atoms with E-state index in [1.54, 1.807) is 7.11 Å². The van der Waals surface area contributed by atoms with Crippen LogP contribution in [0.5, 0.6) is 5.75 Å². The Kier molecular flexibility index (Phi) is 7.18. The average Bonchev–Trinajstić information content (AvgIpc) is 3.57. The highest BCUT2D eigenvalue weighted by Gasteiger charge is 2.36. The lowest BCUT2D eigenvalue weighted by atomic mass is 9.94. The predicted octanol–water partition coefficient (Wildman–Crippen LogP) is 5.17. The second-order valence-corrected chi connectivity index (χ2v) is 10.6. The van der Waals surface area contributed by atoms with Gasteiger partial charge in [-0.3, -0.25) is 9.69 Å². The number of aromatic amines is 1. The van der Waals surface area contributed by atoms with Gasteiger partial charge in [0.2, 0.25) is 0 Å². The van der Waals surface area contributed by atoms with Gasteiger partial charge in [-0.05, 0) is 66.3 Å². The van der Waals surface area contributed by atoms with E-state index in [1.807, 2.05) is 24.3 Å². The Morgan fingerprint density at radius 1 is 1.09 bits per heavy atom. The molecule has 0 amide bonds. The van der Waals surface area contributed by atoms with Gasteiger partial charge in [-0.15, -0.1) is 5.10 Å². The minimum Gasteiger partial charge on any atom is -0.497 e. The maximum atomic E-state index is 13.2. The molecule has 0 spiro atoms. The zero-order chi connectivity index (χ0) is 24.4. The lowest BCUT2D eigenvalue weighted by molar-refractivity contribution is 0.0815. The van der Waals surface area contributed by atoms with Gasteiger partial charge >= 0.3 is 0 Å². The minimum atomic E-state index is -0.0277. The minimum absolute atomic E-state index is 0.0277. The molecule has 2 aromatic heterocycles. The molecule has 1 N–H and O–H groups in total. The summed E-state index contributed by atoms with van der Waals surface area (Å²) in [5.41, 5.74) is 1.58. The lowest BCUT2D eigenvalue weighted by Crippen LogP contribution is -2.41. The Hall–Kier alpha value is -2.74. The molecule has 8 nitrogen and oxygen atoms in total. The molecule has 2 aliphatic carbocycles. The lowest BCUT2D eigenvalue weighted by Gasteiger charge is -2.38. The van der Waals surface area contributed by atoms with Crippen molar-refractivity contribution in [1.29, 1.82) is 0 Å². The number of fused-ring (bicyclic) bond motifs is 1. The Morgan fingerprint density at radius 3 is 2.54 bits per heavy atom. The summed E-state index contributed by atoms with van der Waals surface area (Å²) in [6, 6.07) is 8.64. The van der Waals surface area contributed by atoms with Crippen molar-refractivity contribution < 1.29 is 4.74 Å². The maximum Gasteiger partial charge on any atom is 0.252 e. The molecule has 35 heavy (non-hydrogen) atoms. The summed E-state index contributed by atoms with van der Waals surface area (Å²) in [5.74, 6) is 2.05. The number of hydrogen-bond donors (Lipinski definition) is 1. The van der Waals surface area contributed by atoms with Crippen molar-refractivity contribution in [2.75, 3.05) is 7.11 Å². The number of pyridine rings is 1. The molecular formula is C27H38N6O2. The zero-order valence-electron chi connectivity index (χ0n) is 21.2. The number of benzene rings is 1. The van der Waals surface area contributed by atoms with Crippen LogP contribution in [0, 0.1) is 5.92 Å². The molecule has 2 saturated carbocycles. The van der Waals surface area contributed by atoms with Gasteiger partial charge in [-0.25, -0.2) is 4.68 Å². The van der Waals surface area contributed by atoms with E-state index in [-0.39, 0.29) is 11.6 Å². The number of methoxy groups -OCH3 is 1. The van der Waals surface area contributed by atoms with Crippen LogP contribution in [0.1, 0.15) is 95.1 Å². The van der Waals surface area contributed by atoms with Gasteiger partial charge in [0.1, 0.15) is 5.75 Å². The summed E-state index contributed by atoms with van der Waals surface area (Å²) in [6.45, 7) is 5.08. The van der Waals surface area contributed by atoms with E-state index in [0.717, 1.165) is 53.7 Å². The molecule has 5 rings (SSSR count). The second-order valence-electron chi connectivity index (χ2n) is 10.6. The van der Waals surface area contributed by atoms with E-state index in [2.05, 4.69) is 43.9 Å². The summed E-state index contributed by atoms with van der Waals surface area (Å²) in [4.78, 5) is 18.8. The Bertz CT molecular complexity index is 1190. The molecule has 0 saturated heterocycles. The van der Waals surface area contributed by atoms with Crippen molar-refractivity contribution in [3.05, 3.63) is 46.0 Å². The highest BCUT2D eigenvalue weighted by Crippen LogP contribution is 2.38. The second kappa shape index (κ2) is 10.5. The number of H-pyrrole nitrogens is 1. The van der Waals surface area contributed by atoms with E-state index >= 15 is 0 Å². The number of nitrogens with zero attached hydrogens (tertiary/aromatic N) is 5. The number of ether oxygens (including phenoxy) is 1. The van der Waals surface area contributed by atoms with E-state index in [0.29, 0.717) is 24.5 Å². The van der Waals surface area contributed by atoms with Crippen molar-refractivity contribution in [3.63, 3.8) is 0 Å². The Labute approximate surface area is 207 Å². The van der Waals surface area contributed by atoms with Gasteiger partial charge < -0.3 is 9.72 Å². The topological polar surface area (TPSA) is 88.9 Å². The van der Waals surface area contributed by atoms with Crippen molar-refractivity contribution >= 4 is 10.9 Å². The zero-order valence-corrected chi connectivity index (χ0v) is 21.2. The van der Waals surface area contributed by atoms with E-state index in [4.69, 9.17) is 4.74 Å². The normalized spacial score (nSPS) is 18.7. The molecule has 1 unspecified atom stereocenters. The fourth-order valence-corrected chi connectivity index (χ4v) is 6.17. The third kappa shape index (κ3) is 4.99. The van der Waals surface area contributed by atoms with Crippen LogP contribution in [0.15, 0.2) is 29.1 Å². The first-order chi connectivity index (χ1) is 17.0. The third-order valence-corrected chi connectivity index (χ3v) is 7.97. The highest BCUT2D eigenvalue weighted by atomic mass is 16.5. The van der Waals surface area contributed by atoms with Crippen LogP contribution in [-0.2, 0) is 6.54 Å². The standard InChI is InChI=1S/C27H38N6O2/c1-18(2)25(26-29-30-31-33(26)22-11-5-4-6-12-22)32(21-9-7-8-10-21)17-20-15-19-16-23(35-3)13-14-24(19)28-27(20)34/h13-16,18,21-22,25H,4-12,17H2,1-3H3,(H,28,34). The molecule has 0 bridgehead atoms. The summed E-state index contributed by atoms with van der Waals surface area (Å²) < 4.78 is 7.53. The van der Waals surface area contributed by atoms with Crippen molar-refractivity contribution in [2.24, 2.45) is 5.92 Å². The Morgan fingerprint density at radius 2 is 1.83 bits per heavy atom. The monoisotopic (exact) mass is 478 g/mol. The fraction of sp³-hybridized carbons (Fsp3) is 0.630. The average molecular weight is 479 g/mol. The van der Waals surface area contributed by atoms with Crippen molar-refractivity contribution in [3.8, 4) is 5.75 Å².